The molecule has 0 spiro atoms. The molecule has 0 aliphatic heterocycles. The molecule has 7 rings (SSSR count). The molecule has 1 aliphatic carbocycles. The fourth-order valence-corrected chi connectivity index (χ4v) is 4.74. The zero-order chi connectivity index (χ0) is 24.3. The Bertz CT molecular complexity index is 1770. The SMILES string of the molecule is Nc1ccc(-c2ccc(-c3cnc4nnc(C5(c6ccc7ncccc7c6)CC5)n4n3)cc2F)cn1. The van der Waals surface area contributed by atoms with Crippen molar-refractivity contribution in [1.29, 1.82) is 0 Å². The highest BCUT2D eigenvalue weighted by atomic mass is 19.1. The maximum atomic E-state index is 15.1. The number of hydrogen-bond donors (Lipinski definition) is 1. The molecule has 174 valence electrons. The Morgan fingerprint density at radius 1 is 0.861 bits per heavy atom. The van der Waals surface area contributed by atoms with Crippen LogP contribution in [0.2, 0.25) is 0 Å². The van der Waals surface area contributed by atoms with Crippen molar-refractivity contribution in [3.8, 4) is 22.4 Å². The Kier molecular flexibility index (Phi) is 4.35. The van der Waals surface area contributed by atoms with Crippen molar-refractivity contribution in [1.82, 2.24) is 34.8 Å². The molecule has 0 radical (unpaired) electrons. The molecule has 1 aliphatic rings. The summed E-state index contributed by atoms with van der Waals surface area (Å²) in [5, 5.41) is 14.6. The first-order valence-electron chi connectivity index (χ1n) is 11.6. The molecule has 0 amide bonds. The average molecular weight is 475 g/mol. The quantitative estimate of drug-likeness (QED) is 0.398. The van der Waals surface area contributed by atoms with Crippen LogP contribution in [0.4, 0.5) is 10.2 Å². The van der Waals surface area contributed by atoms with E-state index in [1.54, 1.807) is 41.3 Å². The fourth-order valence-electron chi connectivity index (χ4n) is 4.74. The number of nitrogen functional groups attached to an aromatic ring is 1. The van der Waals surface area contributed by atoms with Crippen LogP contribution >= 0.6 is 0 Å². The largest absolute Gasteiger partial charge is 0.384 e. The maximum absolute atomic E-state index is 15.1. The Hall–Kier alpha value is -4.79. The third-order valence-electron chi connectivity index (χ3n) is 6.83. The summed E-state index contributed by atoms with van der Waals surface area (Å²) in [7, 11) is 0. The molecule has 1 fully saturated rings. The first kappa shape index (κ1) is 20.6. The molecule has 2 aromatic carbocycles. The summed E-state index contributed by atoms with van der Waals surface area (Å²) in [5.74, 6) is 1.15. The van der Waals surface area contributed by atoms with Gasteiger partial charge in [-0.1, -0.05) is 24.3 Å². The van der Waals surface area contributed by atoms with Gasteiger partial charge in [-0.15, -0.1) is 10.2 Å². The van der Waals surface area contributed by atoms with E-state index in [0.717, 1.165) is 35.1 Å². The lowest BCUT2D eigenvalue weighted by Crippen LogP contribution is -2.15. The van der Waals surface area contributed by atoms with Crippen molar-refractivity contribution in [2.75, 3.05) is 5.73 Å². The van der Waals surface area contributed by atoms with Gasteiger partial charge in [0, 0.05) is 34.5 Å². The number of anilines is 1. The van der Waals surface area contributed by atoms with Crippen LogP contribution in [0.25, 0.3) is 39.1 Å². The summed E-state index contributed by atoms with van der Waals surface area (Å²) in [5.41, 5.74) is 9.69. The molecule has 1 saturated carbocycles. The number of nitrogens with two attached hydrogens (primary N) is 1. The van der Waals surface area contributed by atoms with Crippen LogP contribution in [0.5, 0.6) is 0 Å². The van der Waals surface area contributed by atoms with Crippen molar-refractivity contribution >= 4 is 22.5 Å². The molecule has 9 heteroatoms. The average Bonchev–Trinajstić information content (AvgIpc) is 3.61. The monoisotopic (exact) mass is 474 g/mol. The molecule has 4 aromatic heterocycles. The summed E-state index contributed by atoms with van der Waals surface area (Å²) in [6.45, 7) is 0. The van der Waals surface area contributed by atoms with E-state index in [0.29, 0.717) is 34.0 Å². The van der Waals surface area contributed by atoms with E-state index in [2.05, 4.69) is 43.3 Å². The van der Waals surface area contributed by atoms with Gasteiger partial charge in [0.15, 0.2) is 5.82 Å². The van der Waals surface area contributed by atoms with Gasteiger partial charge in [0.2, 0.25) is 0 Å². The van der Waals surface area contributed by atoms with Gasteiger partial charge in [-0.2, -0.15) is 9.61 Å². The number of halogens is 1. The van der Waals surface area contributed by atoms with Gasteiger partial charge in [0.25, 0.3) is 5.78 Å². The minimum absolute atomic E-state index is 0.284. The fraction of sp³-hybridized carbons (Fsp3) is 0.111. The Labute approximate surface area is 204 Å². The van der Waals surface area contributed by atoms with Crippen LogP contribution in [0.15, 0.2) is 79.3 Å². The highest BCUT2D eigenvalue weighted by molar-refractivity contribution is 5.79. The van der Waals surface area contributed by atoms with E-state index in [4.69, 9.17) is 10.8 Å². The summed E-state index contributed by atoms with van der Waals surface area (Å²) < 4.78 is 16.7. The van der Waals surface area contributed by atoms with E-state index in [-0.39, 0.29) is 11.2 Å². The second-order valence-electron chi connectivity index (χ2n) is 9.04. The molecule has 0 bridgehead atoms. The molecule has 0 saturated heterocycles. The Balaban J connectivity index is 1.29. The summed E-state index contributed by atoms with van der Waals surface area (Å²) in [6, 6.07) is 18.7. The van der Waals surface area contributed by atoms with Crippen LogP contribution in [0, 0.1) is 5.82 Å². The van der Waals surface area contributed by atoms with Crippen molar-refractivity contribution in [3.63, 3.8) is 0 Å². The highest BCUT2D eigenvalue weighted by Crippen LogP contribution is 2.53. The summed E-state index contributed by atoms with van der Waals surface area (Å²) >= 11 is 0. The zero-order valence-electron chi connectivity index (χ0n) is 19.0. The summed E-state index contributed by atoms with van der Waals surface area (Å²) in [4.78, 5) is 12.9. The van der Waals surface area contributed by atoms with Gasteiger partial charge in [0.1, 0.15) is 17.3 Å². The molecular weight excluding hydrogens is 455 g/mol. The number of nitrogens with zero attached hydrogens (tertiary/aromatic N) is 7. The molecule has 36 heavy (non-hydrogen) atoms. The van der Waals surface area contributed by atoms with Crippen molar-refractivity contribution in [2.45, 2.75) is 18.3 Å². The van der Waals surface area contributed by atoms with Crippen LogP contribution in [0.3, 0.4) is 0 Å². The second-order valence-corrected chi connectivity index (χ2v) is 9.04. The molecule has 2 N–H and O–H groups in total. The predicted molar refractivity (Wildman–Crippen MR) is 133 cm³/mol. The summed E-state index contributed by atoms with van der Waals surface area (Å²) in [6.07, 6.45) is 6.81. The Morgan fingerprint density at radius 3 is 2.56 bits per heavy atom. The van der Waals surface area contributed by atoms with Gasteiger partial charge >= 0.3 is 0 Å². The lowest BCUT2D eigenvalue weighted by Gasteiger charge is -2.14. The van der Waals surface area contributed by atoms with Crippen molar-refractivity contribution in [3.05, 3.63) is 96.5 Å². The third-order valence-corrected chi connectivity index (χ3v) is 6.83. The van der Waals surface area contributed by atoms with Crippen LogP contribution in [0.1, 0.15) is 24.2 Å². The molecule has 0 unspecified atom stereocenters. The molecule has 8 nitrogen and oxygen atoms in total. The standard InChI is InChI=1S/C27H19FN8/c28-21-13-17(3-6-20(21)18-4-8-24(29)31-14-18)23-15-32-26-34-33-25(36(26)35-23)27(9-10-27)19-5-7-22-16(12-19)2-1-11-30-22/h1-8,11-15H,9-10H2,(H2,29,31). The van der Waals surface area contributed by atoms with Crippen molar-refractivity contribution in [2.24, 2.45) is 0 Å². The minimum atomic E-state index is -0.381. The molecule has 0 atom stereocenters. The third kappa shape index (κ3) is 3.20. The smallest absolute Gasteiger partial charge is 0.271 e. The molecule has 4 heterocycles. The van der Waals surface area contributed by atoms with E-state index in [1.807, 2.05) is 18.2 Å². The van der Waals surface area contributed by atoms with Crippen molar-refractivity contribution < 1.29 is 4.39 Å². The predicted octanol–water partition coefficient (Wildman–Crippen LogP) is 4.60. The molecular formula is C27H19FN8. The number of fused-ring (bicyclic) bond motifs is 2. The maximum Gasteiger partial charge on any atom is 0.271 e. The number of hydrogen-bond acceptors (Lipinski definition) is 7. The number of benzene rings is 2. The van der Waals surface area contributed by atoms with E-state index < -0.39 is 0 Å². The van der Waals surface area contributed by atoms with E-state index in [1.165, 1.54) is 6.07 Å². The van der Waals surface area contributed by atoms with Crippen LogP contribution < -0.4 is 5.73 Å². The lowest BCUT2D eigenvalue weighted by molar-refractivity contribution is 0.631. The van der Waals surface area contributed by atoms with Gasteiger partial charge in [-0.05, 0) is 54.8 Å². The van der Waals surface area contributed by atoms with Gasteiger partial charge in [-0.25, -0.2) is 14.4 Å². The lowest BCUT2D eigenvalue weighted by atomic mass is 9.94. The number of aromatic nitrogens is 7. The van der Waals surface area contributed by atoms with Crippen LogP contribution in [-0.4, -0.2) is 34.8 Å². The number of rotatable bonds is 4. The van der Waals surface area contributed by atoms with Gasteiger partial charge < -0.3 is 5.73 Å². The zero-order valence-corrected chi connectivity index (χ0v) is 19.0. The van der Waals surface area contributed by atoms with Gasteiger partial charge in [-0.3, -0.25) is 4.98 Å². The van der Waals surface area contributed by atoms with Crippen LogP contribution in [-0.2, 0) is 5.41 Å². The van der Waals surface area contributed by atoms with E-state index in [9.17, 15) is 0 Å². The molecule has 6 aromatic rings. The second kappa shape index (κ2) is 7.61. The number of pyridine rings is 2. The van der Waals surface area contributed by atoms with Gasteiger partial charge in [0.05, 0.1) is 17.1 Å². The van der Waals surface area contributed by atoms with E-state index >= 15 is 4.39 Å². The topological polar surface area (TPSA) is 108 Å². The first-order valence-corrected chi connectivity index (χ1v) is 11.6. The minimum Gasteiger partial charge on any atom is -0.384 e. The highest BCUT2D eigenvalue weighted by Gasteiger charge is 2.50. The first-order chi connectivity index (χ1) is 17.6. The normalized spacial score (nSPS) is 14.4. The Morgan fingerprint density at radius 2 is 1.75 bits per heavy atom.